The van der Waals surface area contributed by atoms with E-state index >= 15 is 0 Å². The Morgan fingerprint density at radius 3 is 1.28 bits per heavy atom. The maximum atomic E-state index is 8.88. The first-order valence-electron chi connectivity index (χ1n) is 9.88. The van der Waals surface area contributed by atoms with Crippen LogP contribution in [0.3, 0.4) is 0 Å². The largest absolute Gasteiger partial charge is 0.466 e. The lowest BCUT2D eigenvalue weighted by Gasteiger charge is -2.03. The highest BCUT2D eigenvalue weighted by atomic mass is 31.2. The van der Waals surface area contributed by atoms with Gasteiger partial charge in [-0.1, -0.05) is 90.4 Å². The molecule has 0 saturated heterocycles. The van der Waals surface area contributed by atoms with Crippen molar-refractivity contribution >= 4 is 7.82 Å². The van der Waals surface area contributed by atoms with Gasteiger partial charge >= 0.3 is 7.82 Å². The van der Waals surface area contributed by atoms with E-state index < -0.39 is 7.82 Å². The van der Waals surface area contributed by atoms with Crippen LogP contribution in [0.25, 0.3) is 0 Å². The molecule has 0 aromatic heterocycles. The molecule has 0 aromatic rings. The zero-order valence-electron chi connectivity index (χ0n) is 16.1. The van der Waals surface area contributed by atoms with Crippen LogP contribution in [0.15, 0.2) is 0 Å². The van der Waals surface area contributed by atoms with Crippen molar-refractivity contribution < 1.29 is 29.1 Å². The van der Waals surface area contributed by atoms with Gasteiger partial charge in [-0.3, -0.25) is 0 Å². The van der Waals surface area contributed by atoms with E-state index in [2.05, 4.69) is 6.92 Å². The lowest BCUT2D eigenvalue weighted by atomic mass is 10.0. The van der Waals surface area contributed by atoms with Gasteiger partial charge in [0, 0.05) is 6.61 Å². The number of ether oxygens (including phenoxy) is 1. The summed E-state index contributed by atoms with van der Waals surface area (Å²) >= 11 is 0. The van der Waals surface area contributed by atoms with E-state index in [-0.39, 0.29) is 6.61 Å². The Balaban J connectivity index is 0. The van der Waals surface area contributed by atoms with E-state index in [0.717, 1.165) is 13.0 Å². The molecule has 0 unspecified atom stereocenters. The molecule has 0 spiro atoms. The van der Waals surface area contributed by atoms with Crippen LogP contribution in [0.2, 0.25) is 0 Å². The van der Waals surface area contributed by atoms with Crippen molar-refractivity contribution in [2.45, 2.75) is 96.8 Å². The molecule has 0 aliphatic carbocycles. The van der Waals surface area contributed by atoms with E-state index in [1.165, 1.54) is 83.5 Å². The van der Waals surface area contributed by atoms with Gasteiger partial charge in [-0.05, 0) is 6.42 Å². The van der Waals surface area contributed by atoms with Gasteiger partial charge in [-0.2, -0.15) is 0 Å². The molecular formula is C18H41O6P. The van der Waals surface area contributed by atoms with Gasteiger partial charge in [-0.25, -0.2) is 4.57 Å². The quantitative estimate of drug-likeness (QED) is 0.216. The van der Waals surface area contributed by atoms with Gasteiger partial charge in [0.15, 0.2) is 0 Å². The van der Waals surface area contributed by atoms with Gasteiger partial charge in [0.2, 0.25) is 0 Å². The normalized spacial score (nSPS) is 11.2. The Kier molecular flexibility index (Phi) is 24.1. The highest BCUT2D eigenvalue weighted by molar-refractivity contribution is 7.45. The predicted octanol–water partition coefficient (Wildman–Crippen LogP) is 4.55. The second-order valence-corrected chi connectivity index (χ2v) is 7.47. The fourth-order valence-electron chi connectivity index (χ4n) is 2.57. The van der Waals surface area contributed by atoms with E-state index in [1.54, 1.807) is 0 Å². The topological polar surface area (TPSA) is 107 Å². The molecular weight excluding hydrogens is 343 g/mol. The number of hydrogen-bond acceptors (Lipinski definition) is 3. The van der Waals surface area contributed by atoms with E-state index in [9.17, 15) is 0 Å². The van der Waals surface area contributed by atoms with Gasteiger partial charge in [-0.15, -0.1) is 0 Å². The number of rotatable bonds is 17. The Morgan fingerprint density at radius 2 is 0.960 bits per heavy atom. The first-order chi connectivity index (χ1) is 11.9. The fourth-order valence-corrected chi connectivity index (χ4v) is 2.57. The Morgan fingerprint density at radius 1 is 0.640 bits per heavy atom. The second kappa shape index (κ2) is 22.1. The summed E-state index contributed by atoms with van der Waals surface area (Å²) in [5, 5.41) is 8.56. The van der Waals surface area contributed by atoms with Crippen molar-refractivity contribution in [2.24, 2.45) is 0 Å². The molecule has 0 atom stereocenters. The number of aliphatic hydroxyl groups excluding tert-OH is 1. The summed E-state index contributed by atoms with van der Waals surface area (Å²) in [6.45, 7) is 3.75. The second-order valence-electron chi connectivity index (χ2n) is 6.45. The van der Waals surface area contributed by atoms with Gasteiger partial charge in [0.25, 0.3) is 0 Å². The molecule has 0 aliphatic rings. The summed E-state index contributed by atoms with van der Waals surface area (Å²) < 4.78 is 14.1. The number of hydrogen-bond donors (Lipinski definition) is 4. The minimum Gasteiger partial charge on any atom is -0.394 e. The molecule has 154 valence electrons. The number of unbranched alkanes of at least 4 members (excludes halogenated alkanes) is 13. The van der Waals surface area contributed by atoms with Crippen molar-refractivity contribution in [3.63, 3.8) is 0 Å². The summed E-state index contributed by atoms with van der Waals surface area (Å²) in [5.41, 5.74) is 0. The van der Waals surface area contributed by atoms with Crippen molar-refractivity contribution in [1.82, 2.24) is 0 Å². The molecule has 0 aliphatic heterocycles. The van der Waals surface area contributed by atoms with Gasteiger partial charge in [0.1, 0.15) is 0 Å². The zero-order valence-corrected chi connectivity index (χ0v) is 17.0. The van der Waals surface area contributed by atoms with Gasteiger partial charge < -0.3 is 24.5 Å². The molecule has 7 heteroatoms. The van der Waals surface area contributed by atoms with Crippen LogP contribution in [0, 0.1) is 0 Å². The summed E-state index contributed by atoms with van der Waals surface area (Å²) in [4.78, 5) is 21.6. The Labute approximate surface area is 154 Å². The third-order valence-corrected chi connectivity index (χ3v) is 3.88. The summed E-state index contributed by atoms with van der Waals surface area (Å²) in [6, 6.07) is 0. The van der Waals surface area contributed by atoms with Crippen LogP contribution < -0.4 is 0 Å². The minimum atomic E-state index is -4.64. The first-order valence-corrected chi connectivity index (χ1v) is 11.4. The van der Waals surface area contributed by atoms with E-state index in [4.69, 9.17) is 29.1 Å². The number of aliphatic hydroxyl groups is 1. The van der Waals surface area contributed by atoms with Crippen LogP contribution in [-0.2, 0) is 9.30 Å². The number of phosphoric acid groups is 1. The molecule has 0 radical (unpaired) electrons. The minimum absolute atomic E-state index is 0.151. The van der Waals surface area contributed by atoms with Crippen LogP contribution in [-0.4, -0.2) is 39.6 Å². The van der Waals surface area contributed by atoms with Crippen molar-refractivity contribution in [3.05, 3.63) is 0 Å². The fraction of sp³-hybridized carbons (Fsp3) is 1.00. The van der Waals surface area contributed by atoms with Crippen molar-refractivity contribution in [3.8, 4) is 0 Å². The molecule has 25 heavy (non-hydrogen) atoms. The molecule has 0 fully saturated rings. The average molecular weight is 384 g/mol. The summed E-state index contributed by atoms with van der Waals surface area (Å²) in [5.74, 6) is 0. The summed E-state index contributed by atoms with van der Waals surface area (Å²) in [6.07, 6.45) is 19.5. The van der Waals surface area contributed by atoms with Crippen LogP contribution in [0.5, 0.6) is 0 Å². The monoisotopic (exact) mass is 384 g/mol. The highest BCUT2D eigenvalue weighted by Crippen LogP contribution is 2.25. The molecule has 0 rings (SSSR count). The third-order valence-electron chi connectivity index (χ3n) is 3.88. The Hall–Kier alpha value is 0.0300. The van der Waals surface area contributed by atoms with Crippen LogP contribution in [0.4, 0.5) is 0 Å². The SMILES string of the molecule is CCCCCCCCCCCCCCCCOCCO.O=P(O)(O)O. The van der Waals surface area contributed by atoms with Crippen molar-refractivity contribution in [2.75, 3.05) is 19.8 Å². The van der Waals surface area contributed by atoms with Crippen molar-refractivity contribution in [1.29, 1.82) is 0 Å². The van der Waals surface area contributed by atoms with Gasteiger partial charge in [0.05, 0.1) is 13.2 Å². The zero-order chi connectivity index (χ0) is 19.2. The third kappa shape index (κ3) is 40.2. The molecule has 0 aromatic carbocycles. The standard InChI is InChI=1S/C18H38O2.H3O4P/c1-2-3-4-5-6-7-8-9-10-11-12-13-14-15-17-20-18-16-19;1-5(2,3)4/h19H,2-18H2,1H3;(H3,1,2,3,4). The predicted molar refractivity (Wildman–Crippen MR) is 102 cm³/mol. The molecule has 0 amide bonds. The smallest absolute Gasteiger partial charge is 0.394 e. The molecule has 0 saturated carbocycles. The first kappa shape index (κ1) is 27.3. The maximum Gasteiger partial charge on any atom is 0.466 e. The highest BCUT2D eigenvalue weighted by Gasteiger charge is 2.00. The Bertz CT molecular complexity index is 256. The molecule has 4 N–H and O–H groups in total. The lowest BCUT2D eigenvalue weighted by molar-refractivity contribution is 0.0895. The van der Waals surface area contributed by atoms with Crippen LogP contribution >= 0.6 is 7.82 Å². The summed E-state index contributed by atoms with van der Waals surface area (Å²) in [7, 11) is -4.64. The molecule has 6 nitrogen and oxygen atoms in total. The van der Waals surface area contributed by atoms with E-state index in [1.807, 2.05) is 0 Å². The van der Waals surface area contributed by atoms with Crippen LogP contribution in [0.1, 0.15) is 96.8 Å². The lowest BCUT2D eigenvalue weighted by Crippen LogP contribution is -2.00. The molecule has 0 heterocycles. The average Bonchev–Trinajstić information content (AvgIpc) is 2.53. The van der Waals surface area contributed by atoms with E-state index in [0.29, 0.717) is 6.61 Å². The maximum absolute atomic E-state index is 8.88. The molecule has 0 bridgehead atoms.